The number of piperidine rings is 1. The smallest absolute Gasteiger partial charge is 0.223 e. The fraction of sp³-hybridized carbons (Fsp3) is 0.421. The van der Waals surface area contributed by atoms with E-state index in [1.165, 1.54) is 0 Å². The molecule has 136 valence electrons. The van der Waals surface area contributed by atoms with E-state index in [4.69, 9.17) is 4.42 Å². The van der Waals surface area contributed by atoms with Crippen LogP contribution in [-0.4, -0.2) is 38.7 Å². The van der Waals surface area contributed by atoms with Gasteiger partial charge in [-0.3, -0.25) is 9.48 Å². The summed E-state index contributed by atoms with van der Waals surface area (Å²) in [5.41, 5.74) is 1.91. The minimum atomic E-state index is 0.0333. The number of furan rings is 1. The molecule has 0 spiro atoms. The summed E-state index contributed by atoms with van der Waals surface area (Å²) in [7, 11) is 1.90. The summed E-state index contributed by atoms with van der Waals surface area (Å²) in [6.07, 6.45) is 8.73. The van der Waals surface area contributed by atoms with E-state index in [2.05, 4.69) is 15.4 Å². The van der Waals surface area contributed by atoms with Gasteiger partial charge in [0, 0.05) is 50.4 Å². The molecule has 0 saturated carbocycles. The Morgan fingerprint density at radius 3 is 3.04 bits per heavy atom. The lowest BCUT2D eigenvalue weighted by molar-refractivity contribution is -0.138. The van der Waals surface area contributed by atoms with Crippen LogP contribution in [0.2, 0.25) is 0 Å². The zero-order valence-electron chi connectivity index (χ0n) is 15.1. The minimum absolute atomic E-state index is 0.0333. The molecule has 1 aliphatic heterocycles. The molecule has 26 heavy (non-hydrogen) atoms. The summed E-state index contributed by atoms with van der Waals surface area (Å²) in [5, 5.41) is 8.76. The van der Waals surface area contributed by atoms with E-state index in [0.29, 0.717) is 18.9 Å². The molecule has 0 unspecified atom stereocenters. The van der Waals surface area contributed by atoms with E-state index in [1.807, 2.05) is 43.4 Å². The summed E-state index contributed by atoms with van der Waals surface area (Å²) in [6.45, 7) is 3.47. The van der Waals surface area contributed by atoms with Crippen LogP contribution >= 0.6 is 0 Å². The van der Waals surface area contributed by atoms with E-state index >= 15 is 0 Å². The molecule has 1 amide bonds. The molecule has 0 bridgehead atoms. The number of nitrogens with zero attached hydrogens (tertiary/aromatic N) is 4. The second kappa shape index (κ2) is 6.82. The Kier molecular flexibility index (Phi) is 4.36. The van der Waals surface area contributed by atoms with Crippen LogP contribution in [0.5, 0.6) is 0 Å². The molecule has 3 aromatic rings. The summed E-state index contributed by atoms with van der Waals surface area (Å²) in [5.74, 6) is 1.33. The number of nitrogens with one attached hydrogen (secondary N) is 1. The number of amides is 1. The lowest BCUT2D eigenvalue weighted by Gasteiger charge is -2.40. The number of rotatable bonds is 5. The summed E-state index contributed by atoms with van der Waals surface area (Å²) < 4.78 is 7.24. The van der Waals surface area contributed by atoms with Gasteiger partial charge in [0.15, 0.2) is 0 Å². The van der Waals surface area contributed by atoms with Gasteiger partial charge in [0.05, 0.1) is 23.9 Å². The molecule has 1 N–H and O–H groups in total. The molecule has 4 rings (SSSR count). The van der Waals surface area contributed by atoms with E-state index in [-0.39, 0.29) is 11.9 Å². The first kappa shape index (κ1) is 16.6. The highest BCUT2D eigenvalue weighted by molar-refractivity contribution is 5.87. The zero-order valence-corrected chi connectivity index (χ0v) is 15.1. The number of fused-ring (bicyclic) bond motifs is 1. The molecule has 1 aliphatic rings. The first-order valence-corrected chi connectivity index (χ1v) is 9.01. The molecule has 0 aliphatic carbocycles. The van der Waals surface area contributed by atoms with Crippen LogP contribution in [0.4, 0.5) is 5.82 Å². The highest BCUT2D eigenvalue weighted by atomic mass is 16.3. The lowest BCUT2D eigenvalue weighted by Crippen LogP contribution is -2.44. The highest BCUT2D eigenvalue weighted by Crippen LogP contribution is 2.36. The van der Waals surface area contributed by atoms with Gasteiger partial charge in [0.2, 0.25) is 5.91 Å². The van der Waals surface area contributed by atoms with Crippen molar-refractivity contribution in [2.24, 2.45) is 13.0 Å². The minimum Gasteiger partial charge on any atom is -0.464 e. The Bertz CT molecular complexity index is 915. The van der Waals surface area contributed by atoms with Crippen LogP contribution in [0.15, 0.2) is 41.4 Å². The maximum Gasteiger partial charge on any atom is 0.223 e. The van der Waals surface area contributed by atoms with Gasteiger partial charge in [-0.1, -0.05) is 0 Å². The van der Waals surface area contributed by atoms with Crippen molar-refractivity contribution in [1.29, 1.82) is 0 Å². The van der Waals surface area contributed by atoms with Crippen molar-refractivity contribution >= 4 is 22.7 Å². The van der Waals surface area contributed by atoms with Crippen molar-refractivity contribution in [3.8, 4) is 0 Å². The number of likely N-dealkylation sites (tertiary alicyclic amines) is 1. The van der Waals surface area contributed by atoms with Crippen molar-refractivity contribution in [3.05, 3.63) is 42.5 Å². The Labute approximate surface area is 152 Å². The molecule has 1 saturated heterocycles. The average molecular weight is 353 g/mol. The van der Waals surface area contributed by atoms with Crippen LogP contribution in [0.1, 0.15) is 31.4 Å². The van der Waals surface area contributed by atoms with Gasteiger partial charge >= 0.3 is 0 Å². The first-order valence-electron chi connectivity index (χ1n) is 9.01. The molecule has 1 fully saturated rings. The topological polar surface area (TPSA) is 76.2 Å². The molecule has 0 aromatic carbocycles. The molecule has 2 atom stereocenters. The SMILES string of the molecule is CCN1C(=O)CC[C@H](CNc2nccc3occc23)[C@H]1c1cnn(C)c1. The van der Waals surface area contributed by atoms with Crippen molar-refractivity contribution in [1.82, 2.24) is 19.7 Å². The Morgan fingerprint density at radius 2 is 2.27 bits per heavy atom. The second-order valence-corrected chi connectivity index (χ2v) is 6.74. The van der Waals surface area contributed by atoms with Gasteiger partial charge in [0.1, 0.15) is 11.4 Å². The predicted octanol–water partition coefficient (Wildman–Crippen LogP) is 2.97. The third-order valence-corrected chi connectivity index (χ3v) is 5.15. The Morgan fingerprint density at radius 1 is 1.38 bits per heavy atom. The van der Waals surface area contributed by atoms with Gasteiger partial charge in [-0.15, -0.1) is 0 Å². The summed E-state index contributed by atoms with van der Waals surface area (Å²) in [4.78, 5) is 18.9. The second-order valence-electron chi connectivity index (χ2n) is 6.74. The maximum atomic E-state index is 12.4. The molecular weight excluding hydrogens is 330 g/mol. The van der Waals surface area contributed by atoms with Crippen LogP contribution in [0.3, 0.4) is 0 Å². The monoisotopic (exact) mass is 353 g/mol. The number of carbonyl (C=O) groups is 1. The van der Waals surface area contributed by atoms with Crippen LogP contribution < -0.4 is 5.32 Å². The predicted molar refractivity (Wildman–Crippen MR) is 98.6 cm³/mol. The van der Waals surface area contributed by atoms with Gasteiger partial charge < -0.3 is 14.6 Å². The van der Waals surface area contributed by atoms with Gasteiger partial charge in [-0.25, -0.2) is 4.98 Å². The number of carbonyl (C=O) groups excluding carboxylic acids is 1. The molecule has 7 nitrogen and oxygen atoms in total. The number of pyridine rings is 1. The van der Waals surface area contributed by atoms with Crippen molar-refractivity contribution < 1.29 is 9.21 Å². The number of anilines is 1. The molecule has 4 heterocycles. The lowest BCUT2D eigenvalue weighted by atomic mass is 9.85. The number of hydrogen-bond donors (Lipinski definition) is 1. The summed E-state index contributed by atoms with van der Waals surface area (Å²) >= 11 is 0. The molecule has 7 heteroatoms. The van der Waals surface area contributed by atoms with Crippen molar-refractivity contribution in [3.63, 3.8) is 0 Å². The van der Waals surface area contributed by atoms with E-state index in [9.17, 15) is 4.79 Å². The average Bonchev–Trinajstić information content (AvgIpc) is 3.29. The normalized spacial score (nSPS) is 20.7. The van der Waals surface area contributed by atoms with Crippen molar-refractivity contribution in [2.75, 3.05) is 18.4 Å². The van der Waals surface area contributed by atoms with Gasteiger partial charge in [-0.05, 0) is 25.5 Å². The molecular formula is C19H23N5O2. The fourth-order valence-electron chi connectivity index (χ4n) is 3.92. The van der Waals surface area contributed by atoms with Crippen LogP contribution in [0.25, 0.3) is 11.0 Å². The number of hydrogen-bond acceptors (Lipinski definition) is 5. The maximum absolute atomic E-state index is 12.4. The quantitative estimate of drug-likeness (QED) is 0.763. The Balaban J connectivity index is 1.59. The number of aryl methyl sites for hydroxylation is 1. The molecule has 3 aromatic heterocycles. The first-order chi connectivity index (χ1) is 12.7. The summed E-state index contributed by atoms with van der Waals surface area (Å²) in [6, 6.07) is 3.81. The van der Waals surface area contributed by atoms with Crippen LogP contribution in [-0.2, 0) is 11.8 Å². The van der Waals surface area contributed by atoms with Crippen LogP contribution in [0, 0.1) is 5.92 Å². The van der Waals surface area contributed by atoms with Crippen molar-refractivity contribution in [2.45, 2.75) is 25.8 Å². The van der Waals surface area contributed by atoms with E-state index in [0.717, 1.165) is 35.3 Å². The van der Waals surface area contributed by atoms with Gasteiger partial charge in [-0.2, -0.15) is 5.10 Å². The van der Waals surface area contributed by atoms with E-state index in [1.54, 1.807) is 17.1 Å². The fourth-order valence-corrected chi connectivity index (χ4v) is 3.92. The highest BCUT2D eigenvalue weighted by Gasteiger charge is 2.36. The molecule has 0 radical (unpaired) electrons. The standard InChI is InChI=1S/C19H23N5O2/c1-3-24-17(25)5-4-13(18(24)14-11-22-23(2)12-14)10-21-19-15-7-9-26-16(15)6-8-20-19/h6-9,11-13,18H,3-5,10H2,1-2H3,(H,20,21)/t13-,18+/m1/s1. The number of aromatic nitrogens is 3. The largest absolute Gasteiger partial charge is 0.464 e. The zero-order chi connectivity index (χ0) is 18.1. The van der Waals surface area contributed by atoms with Gasteiger partial charge in [0.25, 0.3) is 0 Å². The third-order valence-electron chi connectivity index (χ3n) is 5.15. The van der Waals surface area contributed by atoms with E-state index < -0.39 is 0 Å². The Hall–Kier alpha value is -2.83. The third kappa shape index (κ3) is 2.94.